The maximum atomic E-state index is 5.92. The molecule has 0 aromatic carbocycles. The molecule has 1 rings (SSSR count). The lowest BCUT2D eigenvalue weighted by molar-refractivity contribution is 0.0670. The second-order valence-electron chi connectivity index (χ2n) is 4.20. The van der Waals surface area contributed by atoms with Crippen LogP contribution >= 0.6 is 0 Å². The van der Waals surface area contributed by atoms with Crippen LogP contribution in [0.1, 0.15) is 25.8 Å². The molecule has 2 N–H and O–H groups in total. The van der Waals surface area contributed by atoms with Gasteiger partial charge in [-0.05, 0) is 32.3 Å². The van der Waals surface area contributed by atoms with E-state index in [9.17, 15) is 0 Å². The van der Waals surface area contributed by atoms with Crippen molar-refractivity contribution >= 4 is 0 Å². The van der Waals surface area contributed by atoms with Crippen LogP contribution in [-0.2, 0) is 18.2 Å². The van der Waals surface area contributed by atoms with Crippen LogP contribution in [0.4, 0.5) is 0 Å². The normalized spacial score (nSPS) is 13.4. The summed E-state index contributed by atoms with van der Waals surface area (Å²) in [6.07, 6.45) is 6.08. The molecule has 4 nitrogen and oxygen atoms in total. The molecule has 1 heterocycles. The average molecular weight is 211 g/mol. The molecule has 0 spiro atoms. The van der Waals surface area contributed by atoms with Gasteiger partial charge < -0.3 is 10.5 Å². The van der Waals surface area contributed by atoms with E-state index < -0.39 is 0 Å². The largest absolute Gasteiger partial charge is 0.377 e. The summed E-state index contributed by atoms with van der Waals surface area (Å²) in [5, 5.41) is 4.11. The number of aryl methyl sites for hydroxylation is 2. The van der Waals surface area contributed by atoms with Crippen molar-refractivity contribution in [2.45, 2.75) is 38.8 Å². The highest BCUT2D eigenvalue weighted by atomic mass is 16.5. The van der Waals surface area contributed by atoms with Gasteiger partial charge in [0.2, 0.25) is 0 Å². The quantitative estimate of drug-likeness (QED) is 0.766. The number of hydrogen-bond donors (Lipinski definition) is 1. The number of ether oxygens (including phenoxy) is 1. The van der Waals surface area contributed by atoms with Crippen LogP contribution in [0.3, 0.4) is 0 Å². The van der Waals surface area contributed by atoms with Gasteiger partial charge in [0.05, 0.1) is 18.9 Å². The van der Waals surface area contributed by atoms with Gasteiger partial charge in [-0.2, -0.15) is 5.10 Å². The van der Waals surface area contributed by atoms with Crippen molar-refractivity contribution in [3.63, 3.8) is 0 Å². The minimum atomic E-state index is 0.118. The zero-order chi connectivity index (χ0) is 11.3. The Kier molecular flexibility index (Phi) is 4.78. The van der Waals surface area contributed by atoms with Crippen molar-refractivity contribution < 1.29 is 4.74 Å². The number of nitrogens with zero attached hydrogens (tertiary/aromatic N) is 2. The zero-order valence-corrected chi connectivity index (χ0v) is 9.81. The Balaban J connectivity index is 2.19. The third-order valence-electron chi connectivity index (χ3n) is 2.21. The molecular formula is C11H21N3O. The Morgan fingerprint density at radius 1 is 1.53 bits per heavy atom. The lowest BCUT2D eigenvalue weighted by Crippen LogP contribution is -2.28. The molecule has 0 aliphatic rings. The first kappa shape index (κ1) is 12.2. The summed E-state index contributed by atoms with van der Waals surface area (Å²) >= 11 is 0. The van der Waals surface area contributed by atoms with Crippen molar-refractivity contribution in [3.05, 3.63) is 18.0 Å². The van der Waals surface area contributed by atoms with E-state index in [0.29, 0.717) is 6.61 Å². The number of nitrogens with two attached hydrogens (primary N) is 1. The first-order valence-electron chi connectivity index (χ1n) is 5.42. The van der Waals surface area contributed by atoms with Gasteiger partial charge in [-0.1, -0.05) is 0 Å². The first-order valence-corrected chi connectivity index (χ1v) is 5.42. The van der Waals surface area contributed by atoms with Gasteiger partial charge in [0.15, 0.2) is 0 Å². The fraction of sp³-hybridized carbons (Fsp3) is 0.727. The summed E-state index contributed by atoms with van der Waals surface area (Å²) in [5.74, 6) is 0. The van der Waals surface area contributed by atoms with Crippen LogP contribution in [0.2, 0.25) is 0 Å². The van der Waals surface area contributed by atoms with Crippen molar-refractivity contribution in [1.29, 1.82) is 0 Å². The lowest BCUT2D eigenvalue weighted by atomic mass is 10.1. The van der Waals surface area contributed by atoms with E-state index in [1.165, 1.54) is 5.56 Å². The van der Waals surface area contributed by atoms with Gasteiger partial charge in [-0.15, -0.1) is 0 Å². The van der Waals surface area contributed by atoms with Crippen LogP contribution in [0, 0.1) is 0 Å². The maximum absolute atomic E-state index is 5.92. The van der Waals surface area contributed by atoms with Gasteiger partial charge in [0, 0.05) is 19.3 Å². The molecule has 4 heteroatoms. The molecule has 0 aliphatic carbocycles. The van der Waals surface area contributed by atoms with E-state index in [1.54, 1.807) is 0 Å². The Labute approximate surface area is 91.4 Å². The van der Waals surface area contributed by atoms with E-state index in [1.807, 2.05) is 38.0 Å². The third-order valence-corrected chi connectivity index (χ3v) is 2.21. The van der Waals surface area contributed by atoms with Gasteiger partial charge in [0.25, 0.3) is 0 Å². The molecule has 1 atom stereocenters. The van der Waals surface area contributed by atoms with Crippen LogP contribution in [-0.4, -0.2) is 28.5 Å². The molecular weight excluding hydrogens is 190 g/mol. The zero-order valence-electron chi connectivity index (χ0n) is 9.81. The standard InChI is InChI=1S/C11H21N3O/c1-9(2)15-8-11(12)5-4-10-6-13-14(3)7-10/h6-7,9,11H,4-5,8,12H2,1-3H3. The summed E-state index contributed by atoms with van der Waals surface area (Å²) in [6, 6.07) is 0.118. The minimum absolute atomic E-state index is 0.118. The van der Waals surface area contributed by atoms with Gasteiger partial charge in [0.1, 0.15) is 0 Å². The highest BCUT2D eigenvalue weighted by molar-refractivity contribution is 5.03. The van der Waals surface area contributed by atoms with Gasteiger partial charge in [-0.3, -0.25) is 4.68 Å². The minimum Gasteiger partial charge on any atom is -0.377 e. The van der Waals surface area contributed by atoms with E-state index in [2.05, 4.69) is 5.10 Å². The van der Waals surface area contributed by atoms with E-state index in [0.717, 1.165) is 12.8 Å². The highest BCUT2D eigenvalue weighted by Crippen LogP contribution is 2.03. The van der Waals surface area contributed by atoms with E-state index in [4.69, 9.17) is 10.5 Å². The topological polar surface area (TPSA) is 53.1 Å². The molecule has 0 amide bonds. The predicted octanol–water partition coefficient (Wildman–Crippen LogP) is 1.10. The summed E-state index contributed by atoms with van der Waals surface area (Å²) in [5.41, 5.74) is 7.16. The third kappa shape index (κ3) is 4.95. The van der Waals surface area contributed by atoms with Crippen molar-refractivity contribution in [1.82, 2.24) is 9.78 Å². The molecule has 0 fully saturated rings. The van der Waals surface area contributed by atoms with Crippen molar-refractivity contribution in [2.24, 2.45) is 12.8 Å². The molecule has 0 saturated carbocycles. The molecule has 0 aliphatic heterocycles. The number of rotatable bonds is 6. The smallest absolute Gasteiger partial charge is 0.0621 e. The van der Waals surface area contributed by atoms with Gasteiger partial charge in [-0.25, -0.2) is 0 Å². The molecule has 0 saturated heterocycles. The van der Waals surface area contributed by atoms with Crippen LogP contribution in [0.25, 0.3) is 0 Å². The van der Waals surface area contributed by atoms with Gasteiger partial charge >= 0.3 is 0 Å². The summed E-state index contributed by atoms with van der Waals surface area (Å²) in [7, 11) is 1.92. The second kappa shape index (κ2) is 5.88. The number of aromatic nitrogens is 2. The molecule has 0 bridgehead atoms. The molecule has 1 aromatic heterocycles. The predicted molar refractivity (Wildman–Crippen MR) is 60.6 cm³/mol. The Morgan fingerprint density at radius 3 is 2.80 bits per heavy atom. The molecule has 15 heavy (non-hydrogen) atoms. The van der Waals surface area contributed by atoms with E-state index >= 15 is 0 Å². The van der Waals surface area contributed by atoms with Crippen LogP contribution in [0.5, 0.6) is 0 Å². The Hall–Kier alpha value is -0.870. The molecule has 0 radical (unpaired) electrons. The average Bonchev–Trinajstić information content (AvgIpc) is 2.58. The molecule has 1 aromatic rings. The summed E-state index contributed by atoms with van der Waals surface area (Å²) in [6.45, 7) is 4.68. The van der Waals surface area contributed by atoms with Crippen LogP contribution in [0.15, 0.2) is 12.4 Å². The summed E-state index contributed by atoms with van der Waals surface area (Å²) in [4.78, 5) is 0. The van der Waals surface area contributed by atoms with Crippen LogP contribution < -0.4 is 5.73 Å². The Bertz CT molecular complexity index is 283. The van der Waals surface area contributed by atoms with Crippen molar-refractivity contribution in [3.8, 4) is 0 Å². The molecule has 86 valence electrons. The highest BCUT2D eigenvalue weighted by Gasteiger charge is 2.05. The lowest BCUT2D eigenvalue weighted by Gasteiger charge is -2.13. The second-order valence-corrected chi connectivity index (χ2v) is 4.20. The van der Waals surface area contributed by atoms with E-state index in [-0.39, 0.29) is 12.1 Å². The van der Waals surface area contributed by atoms with Crippen molar-refractivity contribution in [2.75, 3.05) is 6.61 Å². The fourth-order valence-corrected chi connectivity index (χ4v) is 1.35. The SMILES string of the molecule is CC(C)OCC(N)CCc1cnn(C)c1. The fourth-order valence-electron chi connectivity index (χ4n) is 1.35. The Morgan fingerprint density at radius 2 is 2.27 bits per heavy atom. The maximum Gasteiger partial charge on any atom is 0.0621 e. The monoisotopic (exact) mass is 211 g/mol. The summed E-state index contributed by atoms with van der Waals surface area (Å²) < 4.78 is 7.26. The molecule has 1 unspecified atom stereocenters. The number of hydrogen-bond acceptors (Lipinski definition) is 3. The first-order chi connectivity index (χ1) is 7.08.